The van der Waals surface area contributed by atoms with Crippen molar-refractivity contribution in [1.82, 2.24) is 25.8 Å². The van der Waals surface area contributed by atoms with Crippen molar-refractivity contribution < 1.29 is 9.53 Å². The molecular weight excluding hydrogens is 504 g/mol. The zero-order valence-corrected chi connectivity index (χ0v) is 22.5. The first-order valence-corrected chi connectivity index (χ1v) is 13.6. The van der Waals surface area contributed by atoms with Gasteiger partial charge in [-0.15, -0.1) is 0 Å². The van der Waals surface area contributed by atoms with Crippen LogP contribution in [0, 0.1) is 5.41 Å². The molecule has 5 rings (SSSR count). The first-order valence-electron chi connectivity index (χ1n) is 13.6. The van der Waals surface area contributed by atoms with Crippen LogP contribution >= 0.6 is 0 Å². The van der Waals surface area contributed by atoms with E-state index in [2.05, 4.69) is 31.9 Å². The number of hydrogen-bond acceptors (Lipinski definition) is 9. The molecule has 2 aromatic carbocycles. The van der Waals surface area contributed by atoms with Crippen LogP contribution in [0.4, 0.5) is 0 Å². The van der Waals surface area contributed by atoms with Gasteiger partial charge in [0.1, 0.15) is 23.5 Å². The summed E-state index contributed by atoms with van der Waals surface area (Å²) in [6.07, 6.45) is 7.36. The molecule has 3 heterocycles. The Labute approximate surface area is 234 Å². The van der Waals surface area contributed by atoms with E-state index in [1.807, 2.05) is 65.6 Å². The van der Waals surface area contributed by atoms with Gasteiger partial charge in [-0.2, -0.15) is 0 Å². The SMILES string of the molecule is N=C(C1=C(NC2=CCCN(C(=O)/C=C/CN3CCNCC3)C2)N=CNC1N)c1ccc(Oc2ccccc2)cc1. The maximum absolute atomic E-state index is 12.9. The van der Waals surface area contributed by atoms with Gasteiger partial charge >= 0.3 is 0 Å². The third-order valence-electron chi connectivity index (χ3n) is 6.98. The van der Waals surface area contributed by atoms with E-state index in [1.165, 1.54) is 6.34 Å². The number of aliphatic imine (C=N–C) groups is 1. The molecular formula is C30H36N8O2. The van der Waals surface area contributed by atoms with E-state index in [4.69, 9.17) is 15.9 Å². The third kappa shape index (κ3) is 7.03. The molecule has 1 unspecified atom stereocenters. The summed E-state index contributed by atoms with van der Waals surface area (Å²) < 4.78 is 5.88. The van der Waals surface area contributed by atoms with Crippen molar-refractivity contribution in [2.45, 2.75) is 12.6 Å². The molecule has 10 heteroatoms. The van der Waals surface area contributed by atoms with Crippen molar-refractivity contribution in [2.75, 3.05) is 45.8 Å². The fourth-order valence-electron chi connectivity index (χ4n) is 4.80. The van der Waals surface area contributed by atoms with Crippen LogP contribution in [0.15, 0.2) is 94.9 Å². The highest BCUT2D eigenvalue weighted by Gasteiger charge is 2.25. The molecule has 0 aliphatic carbocycles. The largest absolute Gasteiger partial charge is 0.457 e. The molecule has 0 saturated carbocycles. The molecule has 40 heavy (non-hydrogen) atoms. The number of para-hydroxylation sites is 1. The molecule has 1 amide bonds. The summed E-state index contributed by atoms with van der Waals surface area (Å²) in [4.78, 5) is 21.5. The van der Waals surface area contributed by atoms with Gasteiger partial charge in [-0.25, -0.2) is 4.99 Å². The molecule has 0 spiro atoms. The lowest BCUT2D eigenvalue weighted by Gasteiger charge is -2.29. The first-order chi connectivity index (χ1) is 19.6. The number of rotatable bonds is 9. The lowest BCUT2D eigenvalue weighted by molar-refractivity contribution is -0.125. The minimum Gasteiger partial charge on any atom is -0.457 e. The highest BCUT2D eigenvalue weighted by atomic mass is 16.5. The van der Waals surface area contributed by atoms with Crippen molar-refractivity contribution >= 4 is 18.0 Å². The number of carbonyl (C=O) groups excluding carboxylic acids is 1. The summed E-state index contributed by atoms with van der Waals surface area (Å²) in [5, 5.41) is 18.6. The van der Waals surface area contributed by atoms with Gasteiger partial charge in [0.05, 0.1) is 24.2 Å². The molecule has 0 radical (unpaired) electrons. The van der Waals surface area contributed by atoms with E-state index in [0.717, 1.165) is 50.6 Å². The lowest BCUT2D eigenvalue weighted by Crippen LogP contribution is -2.46. The number of ether oxygens (including phenoxy) is 1. The summed E-state index contributed by atoms with van der Waals surface area (Å²) >= 11 is 0. The van der Waals surface area contributed by atoms with Crippen LogP contribution in [0.5, 0.6) is 11.5 Å². The summed E-state index contributed by atoms with van der Waals surface area (Å²) in [6.45, 7) is 5.83. The zero-order valence-electron chi connectivity index (χ0n) is 22.5. The third-order valence-corrected chi connectivity index (χ3v) is 6.98. The van der Waals surface area contributed by atoms with Crippen molar-refractivity contribution in [3.63, 3.8) is 0 Å². The van der Waals surface area contributed by atoms with E-state index < -0.39 is 6.17 Å². The maximum atomic E-state index is 12.9. The Hall–Kier alpha value is -4.25. The van der Waals surface area contributed by atoms with E-state index >= 15 is 0 Å². The van der Waals surface area contributed by atoms with Gasteiger partial charge in [-0.05, 0) is 42.8 Å². The lowest BCUT2D eigenvalue weighted by atomic mass is 9.99. The van der Waals surface area contributed by atoms with E-state index in [1.54, 1.807) is 6.08 Å². The highest BCUT2D eigenvalue weighted by Crippen LogP contribution is 2.24. The minimum absolute atomic E-state index is 0.00666. The van der Waals surface area contributed by atoms with Crippen LogP contribution in [-0.2, 0) is 4.79 Å². The Kier molecular flexibility index (Phi) is 9.02. The summed E-state index contributed by atoms with van der Waals surface area (Å²) in [6, 6.07) is 16.9. The topological polar surface area (TPSA) is 131 Å². The van der Waals surface area contributed by atoms with Gasteiger partial charge in [0.25, 0.3) is 0 Å². The fraction of sp³-hybridized carbons (Fsp3) is 0.300. The molecule has 10 nitrogen and oxygen atoms in total. The number of piperazine rings is 1. The van der Waals surface area contributed by atoms with Gasteiger partial charge < -0.3 is 31.3 Å². The van der Waals surface area contributed by atoms with Gasteiger partial charge in [0.2, 0.25) is 5.91 Å². The van der Waals surface area contributed by atoms with Gasteiger partial charge in [-0.1, -0.05) is 30.4 Å². The van der Waals surface area contributed by atoms with E-state index in [-0.39, 0.29) is 11.6 Å². The van der Waals surface area contributed by atoms with Crippen molar-refractivity contribution in [2.24, 2.45) is 10.7 Å². The molecule has 1 fully saturated rings. The second kappa shape index (κ2) is 13.2. The van der Waals surface area contributed by atoms with Crippen LogP contribution in [0.2, 0.25) is 0 Å². The van der Waals surface area contributed by atoms with Gasteiger partial charge in [-0.3, -0.25) is 15.1 Å². The normalized spacial score (nSPS) is 19.8. The average molecular weight is 541 g/mol. The van der Waals surface area contributed by atoms with Crippen LogP contribution in [0.1, 0.15) is 12.0 Å². The summed E-state index contributed by atoms with van der Waals surface area (Å²) in [5.41, 5.74) is 8.71. The van der Waals surface area contributed by atoms with Crippen LogP contribution < -0.4 is 26.4 Å². The zero-order chi connectivity index (χ0) is 27.7. The second-order valence-electron chi connectivity index (χ2n) is 9.84. The van der Waals surface area contributed by atoms with Crippen molar-refractivity contribution in [3.05, 3.63) is 95.5 Å². The predicted octanol–water partition coefficient (Wildman–Crippen LogP) is 2.14. The maximum Gasteiger partial charge on any atom is 0.246 e. The number of amides is 1. The molecule has 1 atom stereocenters. The number of carbonyl (C=O) groups is 1. The number of benzene rings is 2. The smallest absolute Gasteiger partial charge is 0.246 e. The molecule has 0 bridgehead atoms. The fourth-order valence-corrected chi connectivity index (χ4v) is 4.80. The predicted molar refractivity (Wildman–Crippen MR) is 157 cm³/mol. The quantitative estimate of drug-likeness (QED) is 0.243. The van der Waals surface area contributed by atoms with E-state index in [9.17, 15) is 4.79 Å². The Morgan fingerprint density at radius 1 is 1.10 bits per heavy atom. The Morgan fingerprint density at radius 2 is 1.85 bits per heavy atom. The number of hydrogen-bond donors (Lipinski definition) is 5. The standard InChI is InChI=1S/C30H36N8O2/c31-28(22-10-12-25(13-11-22)40-24-7-2-1-3-8-24)27-29(32)34-21-35-30(27)36-23-6-4-17-38(20-23)26(39)9-5-16-37-18-14-33-15-19-37/h1-3,5-13,21,29,31,33,36H,4,14-20,32H2,(H,34,35)/b9-5+,31-28?. The summed E-state index contributed by atoms with van der Waals surface area (Å²) in [7, 11) is 0. The van der Waals surface area contributed by atoms with Crippen LogP contribution in [-0.4, -0.2) is 79.7 Å². The minimum atomic E-state index is -0.609. The number of nitrogens with zero attached hydrogens (tertiary/aromatic N) is 3. The molecule has 208 valence electrons. The molecule has 3 aliphatic heterocycles. The van der Waals surface area contributed by atoms with Crippen LogP contribution in [0.25, 0.3) is 0 Å². The van der Waals surface area contributed by atoms with E-state index in [0.29, 0.717) is 35.8 Å². The first kappa shape index (κ1) is 27.3. The van der Waals surface area contributed by atoms with Crippen molar-refractivity contribution in [3.8, 4) is 11.5 Å². The molecule has 0 aromatic heterocycles. The number of nitrogens with one attached hydrogen (secondary N) is 4. The Bertz CT molecular complexity index is 1310. The van der Waals surface area contributed by atoms with Crippen molar-refractivity contribution in [1.29, 1.82) is 5.41 Å². The molecule has 1 saturated heterocycles. The average Bonchev–Trinajstić information content (AvgIpc) is 2.98. The van der Waals surface area contributed by atoms with Gasteiger partial charge in [0.15, 0.2) is 0 Å². The number of nitrogens with two attached hydrogens (primary N) is 1. The van der Waals surface area contributed by atoms with Gasteiger partial charge in [0, 0.05) is 56.6 Å². The summed E-state index contributed by atoms with van der Waals surface area (Å²) in [5.74, 6) is 1.91. The molecule has 3 aliphatic rings. The molecule has 6 N–H and O–H groups in total. The Balaban J connectivity index is 1.23. The highest BCUT2D eigenvalue weighted by molar-refractivity contribution is 6.12. The molecule has 2 aromatic rings. The Morgan fingerprint density at radius 3 is 2.62 bits per heavy atom. The monoisotopic (exact) mass is 540 g/mol. The second-order valence-corrected chi connectivity index (χ2v) is 9.84. The van der Waals surface area contributed by atoms with Crippen LogP contribution in [0.3, 0.4) is 0 Å².